The van der Waals surface area contributed by atoms with E-state index in [1.54, 1.807) is 37.0 Å². The third-order valence-electron chi connectivity index (χ3n) is 5.38. The third kappa shape index (κ3) is 3.32. The number of ether oxygens (including phenoxy) is 2. The summed E-state index contributed by atoms with van der Waals surface area (Å²) in [7, 11) is 1.74. The number of aryl methyl sites for hydroxylation is 1. The fraction of sp³-hybridized carbons (Fsp3) is 0.318. The third-order valence-corrected chi connectivity index (χ3v) is 5.38. The van der Waals surface area contributed by atoms with E-state index in [2.05, 4.69) is 16.2 Å². The van der Waals surface area contributed by atoms with Gasteiger partial charge in [-0.1, -0.05) is 6.92 Å². The van der Waals surface area contributed by atoms with Crippen LogP contribution < -0.4 is 15.2 Å². The second-order valence-corrected chi connectivity index (χ2v) is 7.31. The van der Waals surface area contributed by atoms with Crippen LogP contribution in [-0.2, 0) is 7.05 Å². The van der Waals surface area contributed by atoms with Crippen LogP contribution in [0.1, 0.15) is 49.2 Å². The lowest BCUT2D eigenvalue weighted by Gasteiger charge is -2.23. The summed E-state index contributed by atoms with van der Waals surface area (Å²) >= 11 is 0. The van der Waals surface area contributed by atoms with Gasteiger partial charge in [-0.3, -0.25) is 4.68 Å². The Labute approximate surface area is 173 Å². The molecular formula is C22H22FN5O2. The van der Waals surface area contributed by atoms with Gasteiger partial charge in [0.15, 0.2) is 11.6 Å². The number of hydrogen-bond acceptors (Lipinski definition) is 6. The molecule has 1 unspecified atom stereocenters. The molecular weight excluding hydrogens is 385 g/mol. The quantitative estimate of drug-likeness (QED) is 0.652. The van der Waals surface area contributed by atoms with Crippen molar-refractivity contribution in [1.29, 1.82) is 5.26 Å². The van der Waals surface area contributed by atoms with E-state index in [0.717, 1.165) is 12.1 Å². The summed E-state index contributed by atoms with van der Waals surface area (Å²) < 4.78 is 27.7. The summed E-state index contributed by atoms with van der Waals surface area (Å²) in [4.78, 5) is 4.27. The Morgan fingerprint density at radius 2 is 2.13 bits per heavy atom. The standard InChI is InChI=1S/C22H22FN5O2/c1-4-13-11-29-18-6-5-15(23)8-16(18)12(2)30-19-7-14(10-26-22(19)25)20-17(9-24)28(3)27-21(13)20/h5-8,10,12-13H,4,11H2,1-3H3,(H2,25,26)/t12-,13?/m1/s1. The SMILES string of the molecule is CCC1COc2ccc(F)cc2[C@@H](C)Oc2cc(cnc2N)-c2c1nn(C)c2C#N. The molecule has 0 amide bonds. The van der Waals surface area contributed by atoms with Crippen molar-refractivity contribution in [2.75, 3.05) is 12.3 Å². The van der Waals surface area contributed by atoms with E-state index in [-0.39, 0.29) is 17.6 Å². The molecule has 3 heterocycles. The van der Waals surface area contributed by atoms with E-state index < -0.39 is 6.10 Å². The van der Waals surface area contributed by atoms with E-state index in [9.17, 15) is 9.65 Å². The van der Waals surface area contributed by atoms with Gasteiger partial charge in [-0.05, 0) is 37.6 Å². The maximum absolute atomic E-state index is 14.0. The number of rotatable bonds is 1. The molecule has 1 aliphatic rings. The number of anilines is 1. The second-order valence-electron chi connectivity index (χ2n) is 7.31. The summed E-state index contributed by atoms with van der Waals surface area (Å²) in [6.07, 6.45) is 1.83. The summed E-state index contributed by atoms with van der Waals surface area (Å²) in [5, 5.41) is 14.4. The van der Waals surface area contributed by atoms with Crippen molar-refractivity contribution in [2.45, 2.75) is 32.3 Å². The van der Waals surface area contributed by atoms with Crippen LogP contribution in [-0.4, -0.2) is 21.4 Å². The molecule has 4 rings (SSSR count). The van der Waals surface area contributed by atoms with Crippen molar-refractivity contribution in [1.82, 2.24) is 14.8 Å². The number of fused-ring (bicyclic) bond motifs is 5. The first-order chi connectivity index (χ1) is 14.4. The van der Waals surface area contributed by atoms with E-state index in [0.29, 0.717) is 40.5 Å². The van der Waals surface area contributed by atoms with Gasteiger partial charge >= 0.3 is 0 Å². The van der Waals surface area contributed by atoms with Gasteiger partial charge in [-0.15, -0.1) is 0 Å². The zero-order valence-electron chi connectivity index (χ0n) is 17.0. The van der Waals surface area contributed by atoms with Gasteiger partial charge in [-0.25, -0.2) is 9.37 Å². The number of benzene rings is 1. The van der Waals surface area contributed by atoms with Crippen LogP contribution in [0.15, 0.2) is 30.5 Å². The molecule has 7 nitrogen and oxygen atoms in total. The number of nitrogens with zero attached hydrogens (tertiary/aromatic N) is 4. The molecule has 2 N–H and O–H groups in total. The molecule has 0 saturated heterocycles. The molecule has 2 aromatic heterocycles. The minimum Gasteiger partial charge on any atom is -0.492 e. The highest BCUT2D eigenvalue weighted by molar-refractivity contribution is 5.74. The molecule has 1 aliphatic heterocycles. The molecule has 8 heteroatoms. The first-order valence-corrected chi connectivity index (χ1v) is 9.74. The minimum atomic E-state index is -0.529. The Hall–Kier alpha value is -3.60. The van der Waals surface area contributed by atoms with Gasteiger partial charge in [0.2, 0.25) is 0 Å². The average molecular weight is 407 g/mol. The van der Waals surface area contributed by atoms with Crippen molar-refractivity contribution in [3.05, 3.63) is 53.2 Å². The number of nitrogens with two attached hydrogens (primary N) is 1. The van der Waals surface area contributed by atoms with Gasteiger partial charge in [0, 0.05) is 35.9 Å². The zero-order chi connectivity index (χ0) is 21.4. The number of nitrogen functional groups attached to an aromatic ring is 1. The van der Waals surface area contributed by atoms with Crippen LogP contribution in [0.2, 0.25) is 0 Å². The van der Waals surface area contributed by atoms with Crippen LogP contribution in [0.4, 0.5) is 10.2 Å². The Morgan fingerprint density at radius 1 is 1.33 bits per heavy atom. The Bertz CT molecular complexity index is 1150. The Balaban J connectivity index is 1.96. The fourth-order valence-corrected chi connectivity index (χ4v) is 3.73. The Kier molecular flexibility index (Phi) is 5.04. The molecule has 3 aromatic rings. The van der Waals surface area contributed by atoms with Gasteiger partial charge in [-0.2, -0.15) is 10.4 Å². The smallest absolute Gasteiger partial charge is 0.166 e. The minimum absolute atomic E-state index is 0.0807. The van der Waals surface area contributed by atoms with Crippen LogP contribution in [0.25, 0.3) is 11.1 Å². The highest BCUT2D eigenvalue weighted by Crippen LogP contribution is 2.39. The summed E-state index contributed by atoms with van der Waals surface area (Å²) in [6.45, 7) is 4.16. The highest BCUT2D eigenvalue weighted by Gasteiger charge is 2.27. The predicted molar refractivity (Wildman–Crippen MR) is 110 cm³/mol. The number of nitriles is 1. The van der Waals surface area contributed by atoms with Crippen molar-refractivity contribution in [2.24, 2.45) is 7.05 Å². The van der Waals surface area contributed by atoms with Gasteiger partial charge in [0.1, 0.15) is 29.4 Å². The number of hydrogen-bond donors (Lipinski definition) is 1. The molecule has 0 spiro atoms. The average Bonchev–Trinajstić information content (AvgIpc) is 3.06. The first-order valence-electron chi connectivity index (χ1n) is 9.74. The van der Waals surface area contributed by atoms with E-state index in [1.165, 1.54) is 12.1 Å². The fourth-order valence-electron chi connectivity index (χ4n) is 3.73. The molecule has 0 fully saturated rings. The van der Waals surface area contributed by atoms with Crippen molar-refractivity contribution >= 4 is 5.82 Å². The van der Waals surface area contributed by atoms with Gasteiger partial charge in [0.05, 0.1) is 12.3 Å². The topological polar surface area (TPSA) is 99.0 Å². The first kappa shape index (κ1) is 19.7. The van der Waals surface area contributed by atoms with Gasteiger partial charge < -0.3 is 15.2 Å². The lowest BCUT2D eigenvalue weighted by molar-refractivity contribution is 0.213. The number of pyridine rings is 1. The number of aromatic nitrogens is 3. The lowest BCUT2D eigenvalue weighted by atomic mass is 9.94. The van der Waals surface area contributed by atoms with Crippen molar-refractivity contribution in [3.63, 3.8) is 0 Å². The highest BCUT2D eigenvalue weighted by atomic mass is 19.1. The maximum Gasteiger partial charge on any atom is 0.166 e. The van der Waals surface area contributed by atoms with Crippen LogP contribution in [0, 0.1) is 17.1 Å². The second kappa shape index (κ2) is 7.67. The summed E-state index contributed by atoms with van der Waals surface area (Å²) in [5.74, 6) is 0.629. The largest absolute Gasteiger partial charge is 0.492 e. The maximum atomic E-state index is 14.0. The van der Waals surface area contributed by atoms with E-state index >= 15 is 0 Å². The Morgan fingerprint density at radius 3 is 2.87 bits per heavy atom. The van der Waals surface area contributed by atoms with Crippen LogP contribution >= 0.6 is 0 Å². The van der Waals surface area contributed by atoms with Gasteiger partial charge in [0.25, 0.3) is 0 Å². The molecule has 0 aliphatic carbocycles. The zero-order valence-corrected chi connectivity index (χ0v) is 17.0. The normalized spacial score (nSPS) is 18.0. The summed E-state index contributed by atoms with van der Waals surface area (Å²) in [6, 6.07) is 8.35. The monoisotopic (exact) mass is 407 g/mol. The van der Waals surface area contributed by atoms with Crippen molar-refractivity contribution < 1.29 is 13.9 Å². The molecule has 154 valence electrons. The van der Waals surface area contributed by atoms with E-state index in [4.69, 9.17) is 15.2 Å². The van der Waals surface area contributed by atoms with Crippen LogP contribution in [0.5, 0.6) is 11.5 Å². The lowest BCUT2D eigenvalue weighted by Crippen LogP contribution is -2.15. The molecule has 30 heavy (non-hydrogen) atoms. The molecule has 2 bridgehead atoms. The number of halogens is 1. The molecule has 1 aromatic carbocycles. The van der Waals surface area contributed by atoms with Crippen LogP contribution in [0.3, 0.4) is 0 Å². The molecule has 2 atom stereocenters. The van der Waals surface area contributed by atoms with Crippen molar-refractivity contribution in [3.8, 4) is 28.7 Å². The summed E-state index contributed by atoms with van der Waals surface area (Å²) in [5.41, 5.74) is 9.17. The molecule has 0 saturated carbocycles. The molecule has 0 radical (unpaired) electrons. The van der Waals surface area contributed by atoms with E-state index in [1.807, 2.05) is 6.92 Å². The predicted octanol–water partition coefficient (Wildman–Crippen LogP) is 4.10.